The second-order valence-corrected chi connectivity index (χ2v) is 6.87. The van der Waals surface area contributed by atoms with E-state index in [1.807, 2.05) is 0 Å². The predicted octanol–water partition coefficient (Wildman–Crippen LogP) is 2.08. The van der Waals surface area contributed by atoms with E-state index in [1.54, 1.807) is 23.1 Å². The Bertz CT molecular complexity index is 721. The van der Waals surface area contributed by atoms with Gasteiger partial charge in [0.15, 0.2) is 5.82 Å². The summed E-state index contributed by atoms with van der Waals surface area (Å²) in [5, 5.41) is 15.4. The van der Waals surface area contributed by atoms with E-state index >= 15 is 0 Å². The van der Waals surface area contributed by atoms with Crippen molar-refractivity contribution in [3.63, 3.8) is 0 Å². The first kappa shape index (κ1) is 17.5. The number of aromatic nitrogens is 3. The Morgan fingerprint density at radius 3 is 2.60 bits per heavy atom. The van der Waals surface area contributed by atoms with E-state index in [0.29, 0.717) is 24.0 Å². The van der Waals surface area contributed by atoms with Crippen molar-refractivity contribution in [3.8, 4) is 11.4 Å². The number of hydrogen-bond donors (Lipinski definition) is 0. The van der Waals surface area contributed by atoms with Crippen LogP contribution in [0.5, 0.6) is 0 Å². The minimum atomic E-state index is -0.406. The zero-order chi connectivity index (χ0) is 17.8. The SMILES string of the molecule is CC(C)CN1CCN(Cn2cnc(-c3cccc([N+](=O)[O-])c3)n2)CC1. The summed E-state index contributed by atoms with van der Waals surface area (Å²) < 4.78 is 1.80. The molecule has 134 valence electrons. The van der Waals surface area contributed by atoms with E-state index < -0.39 is 4.92 Å². The summed E-state index contributed by atoms with van der Waals surface area (Å²) in [6.07, 6.45) is 1.69. The number of nitro groups is 1. The molecule has 8 nitrogen and oxygen atoms in total. The van der Waals surface area contributed by atoms with Gasteiger partial charge in [0.25, 0.3) is 5.69 Å². The molecule has 0 unspecified atom stereocenters. The number of rotatable bonds is 6. The third-order valence-electron chi connectivity index (χ3n) is 4.28. The second kappa shape index (κ2) is 7.71. The molecule has 25 heavy (non-hydrogen) atoms. The fraction of sp³-hybridized carbons (Fsp3) is 0.529. The standard InChI is InChI=1S/C17H24N6O2/c1-14(2)11-20-6-8-21(9-7-20)13-22-12-18-17(19-22)15-4-3-5-16(10-15)23(24)25/h3-5,10,12,14H,6-9,11,13H2,1-2H3. The molecule has 0 atom stereocenters. The van der Waals surface area contributed by atoms with Crippen molar-refractivity contribution >= 4 is 5.69 Å². The Kier molecular flexibility index (Phi) is 5.40. The van der Waals surface area contributed by atoms with Gasteiger partial charge in [-0.05, 0) is 5.92 Å². The number of benzene rings is 1. The topological polar surface area (TPSA) is 80.3 Å². The zero-order valence-electron chi connectivity index (χ0n) is 14.7. The van der Waals surface area contributed by atoms with Crippen molar-refractivity contribution in [2.75, 3.05) is 32.7 Å². The van der Waals surface area contributed by atoms with E-state index in [1.165, 1.54) is 12.1 Å². The summed E-state index contributed by atoms with van der Waals surface area (Å²) in [6, 6.07) is 6.42. The third kappa shape index (κ3) is 4.61. The number of piperazine rings is 1. The Morgan fingerprint density at radius 1 is 1.20 bits per heavy atom. The summed E-state index contributed by atoms with van der Waals surface area (Å²) in [5.74, 6) is 1.21. The van der Waals surface area contributed by atoms with Crippen LogP contribution < -0.4 is 0 Å². The molecule has 2 aromatic rings. The molecule has 0 N–H and O–H groups in total. The van der Waals surface area contributed by atoms with Crippen LogP contribution in [-0.2, 0) is 6.67 Å². The number of hydrogen-bond acceptors (Lipinski definition) is 6. The molecule has 1 aromatic heterocycles. The van der Waals surface area contributed by atoms with Crippen LogP contribution in [-0.4, -0.2) is 62.2 Å². The molecule has 0 amide bonds. The molecule has 0 aliphatic carbocycles. The molecule has 1 fully saturated rings. The van der Waals surface area contributed by atoms with Crippen LogP contribution in [0.25, 0.3) is 11.4 Å². The van der Waals surface area contributed by atoms with Gasteiger partial charge in [0, 0.05) is 50.4 Å². The summed E-state index contributed by atoms with van der Waals surface area (Å²) in [6.45, 7) is 10.5. The lowest BCUT2D eigenvalue weighted by atomic mass is 10.2. The van der Waals surface area contributed by atoms with Gasteiger partial charge in [-0.1, -0.05) is 26.0 Å². The molecule has 1 aromatic carbocycles. The van der Waals surface area contributed by atoms with E-state index in [4.69, 9.17) is 0 Å². The van der Waals surface area contributed by atoms with Gasteiger partial charge in [0.05, 0.1) is 11.6 Å². The minimum Gasteiger partial charge on any atom is -0.301 e. The molecule has 0 bridgehead atoms. The van der Waals surface area contributed by atoms with Crippen LogP contribution in [0.15, 0.2) is 30.6 Å². The van der Waals surface area contributed by atoms with Crippen LogP contribution in [0.3, 0.4) is 0 Å². The maximum Gasteiger partial charge on any atom is 0.270 e. The highest BCUT2D eigenvalue weighted by Gasteiger charge is 2.18. The van der Waals surface area contributed by atoms with E-state index in [9.17, 15) is 10.1 Å². The lowest BCUT2D eigenvalue weighted by Gasteiger charge is -2.35. The lowest BCUT2D eigenvalue weighted by Crippen LogP contribution is -2.47. The Labute approximate surface area is 147 Å². The van der Waals surface area contributed by atoms with Gasteiger partial charge in [-0.15, -0.1) is 5.10 Å². The summed E-state index contributed by atoms with van der Waals surface area (Å²) in [7, 11) is 0. The van der Waals surface area contributed by atoms with Crippen LogP contribution in [0.1, 0.15) is 13.8 Å². The van der Waals surface area contributed by atoms with Crippen molar-refractivity contribution in [2.24, 2.45) is 5.92 Å². The third-order valence-corrected chi connectivity index (χ3v) is 4.28. The molecule has 1 saturated heterocycles. The van der Waals surface area contributed by atoms with E-state index in [0.717, 1.165) is 32.7 Å². The molecule has 8 heteroatoms. The second-order valence-electron chi connectivity index (χ2n) is 6.87. The summed E-state index contributed by atoms with van der Waals surface area (Å²) in [4.78, 5) is 19.6. The van der Waals surface area contributed by atoms with Gasteiger partial charge < -0.3 is 4.90 Å². The van der Waals surface area contributed by atoms with Crippen LogP contribution in [0, 0.1) is 16.0 Å². The maximum atomic E-state index is 10.9. The Morgan fingerprint density at radius 2 is 1.92 bits per heavy atom. The fourth-order valence-corrected chi connectivity index (χ4v) is 3.09. The van der Waals surface area contributed by atoms with Gasteiger partial charge in [-0.3, -0.25) is 15.0 Å². The average molecular weight is 344 g/mol. The molecule has 2 heterocycles. The van der Waals surface area contributed by atoms with Crippen LogP contribution in [0.4, 0.5) is 5.69 Å². The average Bonchev–Trinajstić information content (AvgIpc) is 3.05. The molecular formula is C17H24N6O2. The smallest absolute Gasteiger partial charge is 0.270 e. The lowest BCUT2D eigenvalue weighted by molar-refractivity contribution is -0.384. The minimum absolute atomic E-state index is 0.0510. The largest absolute Gasteiger partial charge is 0.301 e. The van der Waals surface area contributed by atoms with Crippen LogP contribution >= 0.6 is 0 Å². The predicted molar refractivity (Wildman–Crippen MR) is 95.0 cm³/mol. The van der Waals surface area contributed by atoms with Crippen molar-refractivity contribution in [3.05, 3.63) is 40.7 Å². The molecule has 1 aliphatic heterocycles. The Balaban J connectivity index is 1.59. The van der Waals surface area contributed by atoms with Crippen molar-refractivity contribution in [2.45, 2.75) is 20.5 Å². The van der Waals surface area contributed by atoms with E-state index in [2.05, 4.69) is 33.7 Å². The van der Waals surface area contributed by atoms with Gasteiger partial charge >= 0.3 is 0 Å². The first-order valence-corrected chi connectivity index (χ1v) is 8.60. The highest BCUT2D eigenvalue weighted by atomic mass is 16.6. The summed E-state index contributed by atoms with van der Waals surface area (Å²) in [5.41, 5.74) is 0.713. The molecule has 0 spiro atoms. The molecule has 3 rings (SSSR count). The highest BCUT2D eigenvalue weighted by Crippen LogP contribution is 2.20. The fourth-order valence-electron chi connectivity index (χ4n) is 3.09. The van der Waals surface area contributed by atoms with Gasteiger partial charge in [-0.25, -0.2) is 9.67 Å². The zero-order valence-corrected chi connectivity index (χ0v) is 14.7. The van der Waals surface area contributed by atoms with E-state index in [-0.39, 0.29) is 5.69 Å². The number of nitrogens with zero attached hydrogens (tertiary/aromatic N) is 6. The van der Waals surface area contributed by atoms with Gasteiger partial charge in [0.2, 0.25) is 0 Å². The Hall–Kier alpha value is -2.32. The van der Waals surface area contributed by atoms with Gasteiger partial charge in [0.1, 0.15) is 6.33 Å². The molecule has 0 radical (unpaired) electrons. The van der Waals surface area contributed by atoms with Crippen LogP contribution in [0.2, 0.25) is 0 Å². The summed E-state index contributed by atoms with van der Waals surface area (Å²) >= 11 is 0. The van der Waals surface area contributed by atoms with Crippen molar-refractivity contribution in [1.82, 2.24) is 24.6 Å². The quantitative estimate of drug-likeness (QED) is 0.590. The monoisotopic (exact) mass is 344 g/mol. The molecule has 0 saturated carbocycles. The maximum absolute atomic E-state index is 10.9. The number of non-ortho nitro benzene ring substituents is 1. The highest BCUT2D eigenvalue weighted by molar-refractivity contribution is 5.58. The first-order chi connectivity index (χ1) is 12.0. The van der Waals surface area contributed by atoms with Crippen molar-refractivity contribution < 1.29 is 4.92 Å². The first-order valence-electron chi connectivity index (χ1n) is 8.60. The van der Waals surface area contributed by atoms with Crippen molar-refractivity contribution in [1.29, 1.82) is 0 Å². The molecular weight excluding hydrogens is 320 g/mol. The number of nitro benzene ring substituents is 1. The normalized spacial score (nSPS) is 16.4. The van der Waals surface area contributed by atoms with Gasteiger partial charge in [-0.2, -0.15) is 0 Å². The molecule has 1 aliphatic rings.